The summed E-state index contributed by atoms with van der Waals surface area (Å²) in [5, 5.41) is 0. The molecule has 0 amide bonds. The summed E-state index contributed by atoms with van der Waals surface area (Å²) in [7, 11) is 1.39. The molecule has 3 heteroatoms. The first-order chi connectivity index (χ1) is 9.15. The molecule has 0 N–H and O–H groups in total. The summed E-state index contributed by atoms with van der Waals surface area (Å²) in [6.45, 7) is 2.02. The Hall–Kier alpha value is -2.16. The highest BCUT2D eigenvalue weighted by molar-refractivity contribution is 6.09. The summed E-state index contributed by atoms with van der Waals surface area (Å²) in [5.41, 5.74) is 1.98. The molecule has 2 rings (SSSR count). The maximum atomic E-state index is 13.6. The van der Waals surface area contributed by atoms with Crippen LogP contribution in [0.25, 0.3) is 0 Å². The van der Waals surface area contributed by atoms with E-state index in [4.69, 9.17) is 4.74 Å². The van der Waals surface area contributed by atoms with Crippen molar-refractivity contribution in [3.05, 3.63) is 65.0 Å². The van der Waals surface area contributed by atoms with Crippen LogP contribution in [0.3, 0.4) is 0 Å². The predicted molar refractivity (Wildman–Crippen MR) is 72.2 cm³/mol. The summed E-state index contributed by atoms with van der Waals surface area (Å²) in [6.07, 6.45) is 0.859. The normalized spacial score (nSPS) is 10.3. The van der Waals surface area contributed by atoms with Gasteiger partial charge in [0.25, 0.3) is 0 Å². The molecule has 0 aliphatic rings. The molecule has 0 aromatic heterocycles. The van der Waals surface area contributed by atoms with Gasteiger partial charge < -0.3 is 4.74 Å². The lowest BCUT2D eigenvalue weighted by Gasteiger charge is -2.06. The van der Waals surface area contributed by atoms with Gasteiger partial charge in [0.05, 0.1) is 7.11 Å². The number of hydrogen-bond acceptors (Lipinski definition) is 2. The molecule has 0 radical (unpaired) electrons. The molecule has 2 aromatic carbocycles. The minimum atomic E-state index is -0.528. The fourth-order valence-corrected chi connectivity index (χ4v) is 1.91. The maximum Gasteiger partial charge on any atom is 0.193 e. The van der Waals surface area contributed by atoms with Crippen molar-refractivity contribution in [3.8, 4) is 5.75 Å². The van der Waals surface area contributed by atoms with E-state index in [0.29, 0.717) is 11.1 Å². The Bertz CT molecular complexity index is 605. The van der Waals surface area contributed by atoms with Crippen LogP contribution in [-0.2, 0) is 6.42 Å². The summed E-state index contributed by atoms with van der Waals surface area (Å²) in [5.74, 6) is -0.573. The lowest BCUT2D eigenvalue weighted by atomic mass is 10.0. The number of aryl methyl sites for hydroxylation is 1. The van der Waals surface area contributed by atoms with Crippen LogP contribution in [-0.4, -0.2) is 12.9 Å². The van der Waals surface area contributed by atoms with E-state index in [1.165, 1.54) is 19.2 Å². The van der Waals surface area contributed by atoms with Crippen LogP contribution < -0.4 is 4.74 Å². The molecule has 0 aliphatic carbocycles. The van der Waals surface area contributed by atoms with Crippen LogP contribution in [0.5, 0.6) is 5.75 Å². The van der Waals surface area contributed by atoms with Crippen LogP contribution in [0.4, 0.5) is 4.39 Å². The Labute approximate surface area is 111 Å². The molecule has 0 unspecified atom stereocenters. The number of carbonyl (C=O) groups is 1. The van der Waals surface area contributed by atoms with Crippen molar-refractivity contribution in [1.29, 1.82) is 0 Å². The van der Waals surface area contributed by atoms with E-state index >= 15 is 0 Å². The van der Waals surface area contributed by atoms with Gasteiger partial charge in [0.1, 0.15) is 0 Å². The number of rotatable bonds is 4. The topological polar surface area (TPSA) is 26.3 Å². The molecule has 2 aromatic rings. The van der Waals surface area contributed by atoms with E-state index in [0.717, 1.165) is 12.0 Å². The fraction of sp³-hybridized carbons (Fsp3) is 0.188. The number of hydrogen-bond donors (Lipinski definition) is 0. The van der Waals surface area contributed by atoms with Crippen molar-refractivity contribution >= 4 is 5.78 Å². The molecule has 2 nitrogen and oxygen atoms in total. The zero-order valence-corrected chi connectivity index (χ0v) is 10.9. The molecule has 0 bridgehead atoms. The monoisotopic (exact) mass is 258 g/mol. The Morgan fingerprint density at radius 2 is 1.89 bits per heavy atom. The molecule has 98 valence electrons. The van der Waals surface area contributed by atoms with Gasteiger partial charge in [-0.2, -0.15) is 0 Å². The first kappa shape index (κ1) is 13.3. The fourth-order valence-electron chi connectivity index (χ4n) is 1.91. The van der Waals surface area contributed by atoms with E-state index < -0.39 is 5.82 Å². The van der Waals surface area contributed by atoms with Gasteiger partial charge >= 0.3 is 0 Å². The van der Waals surface area contributed by atoms with E-state index in [1.54, 1.807) is 12.1 Å². The van der Waals surface area contributed by atoms with Gasteiger partial charge in [-0.25, -0.2) is 4.39 Å². The average Bonchev–Trinajstić information content (AvgIpc) is 2.46. The van der Waals surface area contributed by atoms with Crippen molar-refractivity contribution in [2.75, 3.05) is 7.11 Å². The number of halogens is 1. The summed E-state index contributed by atoms with van der Waals surface area (Å²) < 4.78 is 18.4. The van der Waals surface area contributed by atoms with Crippen molar-refractivity contribution in [1.82, 2.24) is 0 Å². The van der Waals surface area contributed by atoms with E-state index in [2.05, 4.69) is 0 Å². The van der Waals surface area contributed by atoms with Gasteiger partial charge in [-0.05, 0) is 36.2 Å². The summed E-state index contributed by atoms with van der Waals surface area (Å²) in [6, 6.07) is 11.6. The number of methoxy groups -OCH3 is 1. The lowest BCUT2D eigenvalue weighted by molar-refractivity contribution is 0.103. The van der Waals surface area contributed by atoms with Crippen LogP contribution in [0, 0.1) is 5.82 Å². The minimum absolute atomic E-state index is 0.138. The van der Waals surface area contributed by atoms with E-state index in [-0.39, 0.29) is 11.5 Å². The average molecular weight is 258 g/mol. The molecule has 0 fully saturated rings. The highest BCUT2D eigenvalue weighted by Gasteiger charge is 2.12. The molecule has 0 aliphatic heterocycles. The van der Waals surface area contributed by atoms with Crippen LogP contribution in [0.1, 0.15) is 28.4 Å². The predicted octanol–water partition coefficient (Wildman–Crippen LogP) is 3.63. The van der Waals surface area contributed by atoms with E-state index in [1.807, 2.05) is 25.1 Å². The Morgan fingerprint density at radius 3 is 2.53 bits per heavy atom. The Kier molecular flexibility index (Phi) is 3.95. The highest BCUT2D eigenvalue weighted by Crippen LogP contribution is 2.20. The molecule has 0 spiro atoms. The minimum Gasteiger partial charge on any atom is -0.494 e. The third kappa shape index (κ3) is 2.81. The van der Waals surface area contributed by atoms with Crippen LogP contribution >= 0.6 is 0 Å². The summed E-state index contributed by atoms with van der Waals surface area (Å²) in [4.78, 5) is 12.3. The first-order valence-electron chi connectivity index (χ1n) is 6.13. The first-order valence-corrected chi connectivity index (χ1v) is 6.13. The molecular weight excluding hydrogens is 243 g/mol. The van der Waals surface area contributed by atoms with Gasteiger partial charge in [-0.1, -0.05) is 25.1 Å². The third-order valence-electron chi connectivity index (χ3n) is 3.01. The van der Waals surface area contributed by atoms with Crippen molar-refractivity contribution in [3.63, 3.8) is 0 Å². The van der Waals surface area contributed by atoms with Crippen LogP contribution in [0.2, 0.25) is 0 Å². The second-order valence-corrected chi connectivity index (χ2v) is 4.23. The molecular formula is C16H15FO2. The van der Waals surface area contributed by atoms with Gasteiger partial charge in [-0.3, -0.25) is 4.79 Å². The zero-order valence-electron chi connectivity index (χ0n) is 10.9. The second-order valence-electron chi connectivity index (χ2n) is 4.23. The van der Waals surface area contributed by atoms with Crippen molar-refractivity contribution in [2.24, 2.45) is 0 Å². The third-order valence-corrected chi connectivity index (χ3v) is 3.01. The number of ketones is 1. The highest BCUT2D eigenvalue weighted by atomic mass is 19.1. The smallest absolute Gasteiger partial charge is 0.193 e. The quantitative estimate of drug-likeness (QED) is 0.783. The van der Waals surface area contributed by atoms with Gasteiger partial charge in [0.2, 0.25) is 0 Å². The second kappa shape index (κ2) is 5.65. The number of carbonyl (C=O) groups excluding carboxylic acids is 1. The molecule has 0 heterocycles. The molecule has 0 saturated heterocycles. The molecule has 0 saturated carbocycles. The van der Waals surface area contributed by atoms with Crippen LogP contribution in [0.15, 0.2) is 42.5 Å². The maximum absolute atomic E-state index is 13.6. The van der Waals surface area contributed by atoms with Gasteiger partial charge in [0.15, 0.2) is 17.3 Å². The molecule has 0 atom stereocenters. The summed E-state index contributed by atoms with van der Waals surface area (Å²) >= 11 is 0. The van der Waals surface area contributed by atoms with Crippen molar-refractivity contribution < 1.29 is 13.9 Å². The Balaban J connectivity index is 2.35. The SMILES string of the molecule is CCc1cccc(C(=O)c2ccc(OC)c(F)c2)c1. The van der Waals surface area contributed by atoms with Gasteiger partial charge in [-0.15, -0.1) is 0 Å². The largest absolute Gasteiger partial charge is 0.494 e. The van der Waals surface area contributed by atoms with E-state index in [9.17, 15) is 9.18 Å². The standard InChI is InChI=1S/C16H15FO2/c1-3-11-5-4-6-12(9-11)16(18)13-7-8-15(19-2)14(17)10-13/h4-10H,3H2,1-2H3. The Morgan fingerprint density at radius 1 is 1.16 bits per heavy atom. The molecule has 19 heavy (non-hydrogen) atoms. The lowest BCUT2D eigenvalue weighted by Crippen LogP contribution is -2.03. The van der Waals surface area contributed by atoms with Crippen molar-refractivity contribution in [2.45, 2.75) is 13.3 Å². The zero-order chi connectivity index (χ0) is 13.8. The van der Waals surface area contributed by atoms with Gasteiger partial charge in [0, 0.05) is 11.1 Å². The number of benzene rings is 2. The number of ether oxygens (including phenoxy) is 1.